The highest BCUT2D eigenvalue weighted by molar-refractivity contribution is 5.89. The zero-order chi connectivity index (χ0) is 18.6. The van der Waals surface area contributed by atoms with Gasteiger partial charge in [0, 0.05) is 44.3 Å². The molecule has 1 unspecified atom stereocenters. The van der Waals surface area contributed by atoms with E-state index in [1.165, 1.54) is 18.5 Å². The van der Waals surface area contributed by atoms with Crippen molar-refractivity contribution in [3.8, 4) is 0 Å². The average molecular weight is 371 g/mol. The number of benzene rings is 1. The van der Waals surface area contributed by atoms with Gasteiger partial charge >= 0.3 is 0 Å². The molecule has 1 atom stereocenters. The highest BCUT2D eigenvalue weighted by atomic mass is 16.5. The van der Waals surface area contributed by atoms with E-state index in [2.05, 4.69) is 34.5 Å². The fourth-order valence-corrected chi connectivity index (χ4v) is 4.46. The van der Waals surface area contributed by atoms with Crippen LogP contribution in [0.1, 0.15) is 37.7 Å². The minimum Gasteiger partial charge on any atom is -0.378 e. The van der Waals surface area contributed by atoms with Crippen LogP contribution in [0.5, 0.6) is 0 Å². The van der Waals surface area contributed by atoms with E-state index in [4.69, 9.17) is 4.74 Å². The van der Waals surface area contributed by atoms with Crippen molar-refractivity contribution >= 4 is 17.5 Å². The third-order valence-corrected chi connectivity index (χ3v) is 6.07. The fraction of sp³-hybridized carbons (Fsp3) is 0.619. The molecule has 2 aliphatic heterocycles. The van der Waals surface area contributed by atoms with Crippen molar-refractivity contribution in [2.45, 2.75) is 44.7 Å². The van der Waals surface area contributed by atoms with Gasteiger partial charge in [-0.3, -0.25) is 9.59 Å². The zero-order valence-electron chi connectivity index (χ0n) is 15.9. The normalized spacial score (nSPS) is 23.9. The van der Waals surface area contributed by atoms with E-state index in [0.717, 1.165) is 44.7 Å². The number of hydrogen-bond acceptors (Lipinski definition) is 4. The van der Waals surface area contributed by atoms with E-state index in [1.807, 2.05) is 4.90 Å². The van der Waals surface area contributed by atoms with Gasteiger partial charge in [-0.15, -0.1) is 0 Å². The van der Waals surface area contributed by atoms with Crippen molar-refractivity contribution in [3.05, 3.63) is 29.8 Å². The van der Waals surface area contributed by atoms with Crippen LogP contribution in [0.3, 0.4) is 0 Å². The summed E-state index contributed by atoms with van der Waals surface area (Å²) in [6.07, 6.45) is 4.95. The van der Waals surface area contributed by atoms with E-state index in [0.29, 0.717) is 25.6 Å². The lowest BCUT2D eigenvalue weighted by atomic mass is 10.1. The molecule has 0 bridgehead atoms. The summed E-state index contributed by atoms with van der Waals surface area (Å²) in [6, 6.07) is 8.70. The van der Waals surface area contributed by atoms with Gasteiger partial charge in [-0.1, -0.05) is 25.0 Å². The van der Waals surface area contributed by atoms with E-state index in [1.54, 1.807) is 0 Å². The minimum atomic E-state index is -0.203. The lowest BCUT2D eigenvalue weighted by molar-refractivity contribution is -0.130. The molecule has 3 fully saturated rings. The van der Waals surface area contributed by atoms with Crippen molar-refractivity contribution in [1.82, 2.24) is 10.2 Å². The molecule has 2 amide bonds. The Kier molecular flexibility index (Phi) is 5.62. The maximum Gasteiger partial charge on any atom is 0.225 e. The van der Waals surface area contributed by atoms with Gasteiger partial charge < -0.3 is 19.9 Å². The Morgan fingerprint density at radius 2 is 1.81 bits per heavy atom. The van der Waals surface area contributed by atoms with E-state index in [-0.39, 0.29) is 17.7 Å². The molecule has 0 spiro atoms. The smallest absolute Gasteiger partial charge is 0.225 e. The molecule has 2 heterocycles. The molecule has 4 rings (SSSR count). The largest absolute Gasteiger partial charge is 0.378 e. The van der Waals surface area contributed by atoms with Gasteiger partial charge in [-0.25, -0.2) is 0 Å². The Morgan fingerprint density at radius 1 is 1.11 bits per heavy atom. The number of nitrogens with zero attached hydrogens (tertiary/aromatic N) is 2. The first-order valence-electron chi connectivity index (χ1n) is 10.2. The molecule has 1 N–H and O–H groups in total. The van der Waals surface area contributed by atoms with Crippen LogP contribution in [0.4, 0.5) is 5.69 Å². The number of morpholine rings is 1. The molecule has 0 radical (unpaired) electrons. The molecule has 6 heteroatoms. The SMILES string of the molecule is O=C(NCc1ccc(N2CCOCC2)cc1)C1CC(=O)N(C2CCCC2)C1. The molecule has 1 saturated carbocycles. The highest BCUT2D eigenvalue weighted by Crippen LogP contribution is 2.29. The van der Waals surface area contributed by atoms with Gasteiger partial charge in [0.15, 0.2) is 0 Å². The molecule has 0 aromatic heterocycles. The van der Waals surface area contributed by atoms with E-state index >= 15 is 0 Å². The summed E-state index contributed by atoms with van der Waals surface area (Å²) in [5.41, 5.74) is 2.28. The molecule has 6 nitrogen and oxygen atoms in total. The van der Waals surface area contributed by atoms with Crippen LogP contribution in [-0.2, 0) is 20.9 Å². The van der Waals surface area contributed by atoms with Crippen molar-refractivity contribution < 1.29 is 14.3 Å². The molecule has 27 heavy (non-hydrogen) atoms. The zero-order valence-corrected chi connectivity index (χ0v) is 15.9. The highest BCUT2D eigenvalue weighted by Gasteiger charge is 2.38. The van der Waals surface area contributed by atoms with Gasteiger partial charge in [0.05, 0.1) is 19.1 Å². The molecule has 1 aromatic carbocycles. The van der Waals surface area contributed by atoms with Gasteiger partial charge in [-0.2, -0.15) is 0 Å². The summed E-state index contributed by atoms with van der Waals surface area (Å²) >= 11 is 0. The van der Waals surface area contributed by atoms with Gasteiger partial charge in [-0.05, 0) is 30.5 Å². The van der Waals surface area contributed by atoms with Crippen LogP contribution in [0.25, 0.3) is 0 Å². The third kappa shape index (κ3) is 4.26. The number of nitrogens with one attached hydrogen (secondary N) is 1. The maximum atomic E-state index is 12.5. The Balaban J connectivity index is 1.27. The topological polar surface area (TPSA) is 61.9 Å². The van der Waals surface area contributed by atoms with Crippen LogP contribution >= 0.6 is 0 Å². The second kappa shape index (κ2) is 8.30. The van der Waals surface area contributed by atoms with Crippen molar-refractivity contribution in [1.29, 1.82) is 0 Å². The monoisotopic (exact) mass is 371 g/mol. The third-order valence-electron chi connectivity index (χ3n) is 6.07. The summed E-state index contributed by atoms with van der Waals surface area (Å²) in [7, 11) is 0. The number of likely N-dealkylation sites (tertiary alicyclic amines) is 1. The lowest BCUT2D eigenvalue weighted by Gasteiger charge is -2.28. The van der Waals surface area contributed by atoms with Crippen LogP contribution in [0, 0.1) is 5.92 Å². The standard InChI is InChI=1S/C21H29N3O3/c25-20-13-17(15-24(20)19-3-1-2-4-19)21(26)22-14-16-5-7-18(8-6-16)23-9-11-27-12-10-23/h5-8,17,19H,1-4,9-15H2,(H,22,26). The Labute approximate surface area is 160 Å². The van der Waals surface area contributed by atoms with Crippen molar-refractivity contribution in [2.24, 2.45) is 5.92 Å². The van der Waals surface area contributed by atoms with Crippen LogP contribution < -0.4 is 10.2 Å². The summed E-state index contributed by atoms with van der Waals surface area (Å²) < 4.78 is 5.39. The molecule has 1 aromatic rings. The van der Waals surface area contributed by atoms with Crippen LogP contribution in [0.15, 0.2) is 24.3 Å². The first-order chi connectivity index (χ1) is 13.2. The predicted octanol–water partition coefficient (Wildman–Crippen LogP) is 1.93. The number of carbonyl (C=O) groups is 2. The second-order valence-electron chi connectivity index (χ2n) is 7.87. The maximum absolute atomic E-state index is 12.5. The van der Waals surface area contributed by atoms with Gasteiger partial charge in [0.25, 0.3) is 0 Å². The molecular weight excluding hydrogens is 342 g/mol. The number of amides is 2. The summed E-state index contributed by atoms with van der Waals surface area (Å²) in [4.78, 5) is 29.1. The molecule has 2 saturated heterocycles. The molecule has 146 valence electrons. The Morgan fingerprint density at radius 3 is 2.52 bits per heavy atom. The van der Waals surface area contributed by atoms with Crippen LogP contribution in [0.2, 0.25) is 0 Å². The summed E-state index contributed by atoms with van der Waals surface area (Å²) in [5, 5.41) is 3.02. The Bertz CT molecular complexity index is 664. The quantitative estimate of drug-likeness (QED) is 0.859. The van der Waals surface area contributed by atoms with Crippen molar-refractivity contribution in [2.75, 3.05) is 37.7 Å². The molecular formula is C21H29N3O3. The minimum absolute atomic E-state index is 0.00102. The molecule has 1 aliphatic carbocycles. The second-order valence-corrected chi connectivity index (χ2v) is 7.87. The molecule has 3 aliphatic rings. The van der Waals surface area contributed by atoms with Gasteiger partial charge in [0.1, 0.15) is 0 Å². The average Bonchev–Trinajstić information content (AvgIpc) is 3.37. The van der Waals surface area contributed by atoms with E-state index < -0.39 is 0 Å². The number of carbonyl (C=O) groups excluding carboxylic acids is 2. The number of hydrogen-bond donors (Lipinski definition) is 1. The number of ether oxygens (including phenoxy) is 1. The van der Waals surface area contributed by atoms with Crippen LogP contribution in [-0.4, -0.2) is 55.6 Å². The van der Waals surface area contributed by atoms with Gasteiger partial charge in [0.2, 0.25) is 11.8 Å². The van der Waals surface area contributed by atoms with E-state index in [9.17, 15) is 9.59 Å². The first kappa shape index (κ1) is 18.3. The summed E-state index contributed by atoms with van der Waals surface area (Å²) in [6.45, 7) is 4.49. The lowest BCUT2D eigenvalue weighted by Crippen LogP contribution is -2.37. The Hall–Kier alpha value is -2.08. The summed E-state index contributed by atoms with van der Waals surface area (Å²) in [5.74, 6) is -0.0521. The fourth-order valence-electron chi connectivity index (χ4n) is 4.46. The number of rotatable bonds is 5. The number of anilines is 1. The van der Waals surface area contributed by atoms with Crippen molar-refractivity contribution in [3.63, 3.8) is 0 Å². The first-order valence-corrected chi connectivity index (χ1v) is 10.2. The predicted molar refractivity (Wildman–Crippen MR) is 103 cm³/mol.